The van der Waals surface area contributed by atoms with E-state index in [-0.39, 0.29) is 18.5 Å². The van der Waals surface area contributed by atoms with Crippen LogP contribution in [-0.4, -0.2) is 46.5 Å². The number of hydrogen-bond acceptors (Lipinski definition) is 3. The van der Waals surface area contributed by atoms with Crippen LogP contribution in [0.15, 0.2) is 43.0 Å². The van der Waals surface area contributed by atoms with E-state index >= 15 is 0 Å². The summed E-state index contributed by atoms with van der Waals surface area (Å²) in [5.41, 5.74) is 0.494. The van der Waals surface area contributed by atoms with Gasteiger partial charge < -0.3 is 9.64 Å². The van der Waals surface area contributed by atoms with Crippen molar-refractivity contribution in [1.82, 2.24) is 9.80 Å². The molecule has 0 saturated carbocycles. The summed E-state index contributed by atoms with van der Waals surface area (Å²) in [6, 6.07) is 9.74. The topological polar surface area (TPSA) is 49.9 Å². The first-order chi connectivity index (χ1) is 11.3. The smallest absolute Gasteiger partial charge is 0.411 e. The molecule has 1 heterocycles. The van der Waals surface area contributed by atoms with E-state index in [2.05, 4.69) is 6.58 Å². The number of rotatable bonds is 4. The van der Waals surface area contributed by atoms with Crippen molar-refractivity contribution in [3.63, 3.8) is 0 Å². The van der Waals surface area contributed by atoms with Crippen molar-refractivity contribution >= 4 is 12.0 Å². The summed E-state index contributed by atoms with van der Waals surface area (Å²) in [6.45, 7) is 10.3. The fourth-order valence-corrected chi connectivity index (χ4v) is 2.71. The molecule has 5 heteroatoms. The number of amides is 2. The van der Waals surface area contributed by atoms with Gasteiger partial charge in [-0.2, -0.15) is 0 Å². The van der Waals surface area contributed by atoms with Gasteiger partial charge in [-0.25, -0.2) is 4.79 Å². The van der Waals surface area contributed by atoms with Gasteiger partial charge in [0.05, 0.1) is 6.04 Å². The first kappa shape index (κ1) is 18.0. The molecule has 0 unspecified atom stereocenters. The molecule has 130 valence electrons. The third kappa shape index (κ3) is 4.85. The lowest BCUT2D eigenvalue weighted by atomic mass is 10.1. The van der Waals surface area contributed by atoms with E-state index in [4.69, 9.17) is 4.74 Å². The average Bonchev–Trinajstić information content (AvgIpc) is 2.50. The predicted molar refractivity (Wildman–Crippen MR) is 93.4 cm³/mol. The third-order valence-electron chi connectivity index (χ3n) is 3.81. The van der Waals surface area contributed by atoms with Crippen LogP contribution >= 0.6 is 0 Å². The monoisotopic (exact) mass is 330 g/mol. The van der Waals surface area contributed by atoms with Crippen molar-refractivity contribution in [2.75, 3.05) is 13.1 Å². The van der Waals surface area contributed by atoms with E-state index < -0.39 is 11.7 Å². The number of ether oxygens (including phenoxy) is 1. The zero-order chi connectivity index (χ0) is 17.7. The van der Waals surface area contributed by atoms with Gasteiger partial charge in [-0.05, 0) is 32.8 Å². The van der Waals surface area contributed by atoms with Crippen LogP contribution < -0.4 is 0 Å². The predicted octanol–water partition coefficient (Wildman–Crippen LogP) is 3.21. The molecular weight excluding hydrogens is 304 g/mol. The van der Waals surface area contributed by atoms with E-state index in [0.717, 1.165) is 5.56 Å². The Hall–Kier alpha value is -2.30. The molecule has 24 heavy (non-hydrogen) atoms. The van der Waals surface area contributed by atoms with Crippen molar-refractivity contribution < 1.29 is 14.3 Å². The van der Waals surface area contributed by atoms with Gasteiger partial charge in [0.2, 0.25) is 5.91 Å². The highest BCUT2D eigenvalue weighted by Gasteiger charge is 2.36. The van der Waals surface area contributed by atoms with Crippen molar-refractivity contribution in [2.45, 2.75) is 45.4 Å². The Morgan fingerprint density at radius 1 is 1.33 bits per heavy atom. The Morgan fingerprint density at radius 2 is 2.00 bits per heavy atom. The van der Waals surface area contributed by atoms with Crippen LogP contribution in [0, 0.1) is 0 Å². The number of carbonyl (C=O) groups excluding carboxylic acids is 2. The maximum Gasteiger partial charge on any atom is 0.411 e. The van der Waals surface area contributed by atoms with Gasteiger partial charge in [0, 0.05) is 13.1 Å². The van der Waals surface area contributed by atoms with Crippen molar-refractivity contribution in [1.29, 1.82) is 0 Å². The molecule has 1 atom stereocenters. The molecule has 1 saturated heterocycles. The largest absolute Gasteiger partial charge is 0.444 e. The van der Waals surface area contributed by atoms with Crippen LogP contribution in [0.5, 0.6) is 0 Å². The molecule has 1 aromatic carbocycles. The summed E-state index contributed by atoms with van der Waals surface area (Å²) in [5.74, 6) is -0.0648. The number of benzene rings is 1. The number of hydrogen-bond donors (Lipinski definition) is 0. The van der Waals surface area contributed by atoms with Crippen molar-refractivity contribution in [3.8, 4) is 0 Å². The molecule has 1 aromatic rings. The summed E-state index contributed by atoms with van der Waals surface area (Å²) in [4.78, 5) is 28.2. The second-order valence-electron chi connectivity index (χ2n) is 7.05. The average molecular weight is 330 g/mol. The van der Waals surface area contributed by atoms with E-state index in [1.807, 2.05) is 51.1 Å². The molecule has 0 aliphatic carbocycles. The molecular formula is C19H26N2O3. The van der Waals surface area contributed by atoms with Crippen molar-refractivity contribution in [2.24, 2.45) is 0 Å². The fourth-order valence-electron chi connectivity index (χ4n) is 2.71. The lowest BCUT2D eigenvalue weighted by Crippen LogP contribution is -2.58. The SMILES string of the molecule is C=CC[C@H]1CN(Cc2ccccc2)C(=O)CN1C(=O)OC(C)(C)C. The Bertz CT molecular complexity index is 592. The van der Waals surface area contributed by atoms with Crippen LogP contribution in [0.25, 0.3) is 0 Å². The summed E-state index contributed by atoms with van der Waals surface area (Å²) in [5, 5.41) is 0. The van der Waals surface area contributed by atoms with Gasteiger partial charge >= 0.3 is 6.09 Å². The molecule has 0 spiro atoms. The summed E-state index contributed by atoms with van der Waals surface area (Å²) in [6.07, 6.45) is 1.96. The maximum absolute atomic E-state index is 12.5. The minimum absolute atomic E-state index is 0.0419. The summed E-state index contributed by atoms with van der Waals surface area (Å²) < 4.78 is 5.44. The first-order valence-corrected chi connectivity index (χ1v) is 8.22. The highest BCUT2D eigenvalue weighted by molar-refractivity contribution is 5.84. The maximum atomic E-state index is 12.5. The Labute approximate surface area is 143 Å². The number of nitrogens with zero attached hydrogens (tertiary/aromatic N) is 2. The van der Waals surface area contributed by atoms with Gasteiger partial charge in [-0.3, -0.25) is 9.69 Å². The van der Waals surface area contributed by atoms with E-state index in [1.54, 1.807) is 11.0 Å². The molecule has 1 aliphatic heterocycles. The normalized spacial score (nSPS) is 18.5. The van der Waals surface area contributed by atoms with Crippen LogP contribution in [0.1, 0.15) is 32.8 Å². The summed E-state index contributed by atoms with van der Waals surface area (Å²) in [7, 11) is 0. The molecule has 2 rings (SSSR count). The van der Waals surface area contributed by atoms with Gasteiger partial charge in [-0.15, -0.1) is 6.58 Å². The molecule has 2 amide bonds. The zero-order valence-electron chi connectivity index (χ0n) is 14.7. The second-order valence-corrected chi connectivity index (χ2v) is 7.05. The van der Waals surface area contributed by atoms with E-state index in [0.29, 0.717) is 19.5 Å². The molecule has 0 aromatic heterocycles. The van der Waals surface area contributed by atoms with E-state index in [9.17, 15) is 9.59 Å². The van der Waals surface area contributed by atoms with Crippen molar-refractivity contribution in [3.05, 3.63) is 48.6 Å². The lowest BCUT2D eigenvalue weighted by Gasteiger charge is -2.41. The van der Waals surface area contributed by atoms with Crippen LogP contribution in [0.3, 0.4) is 0 Å². The quantitative estimate of drug-likeness (QED) is 0.797. The van der Waals surface area contributed by atoms with Gasteiger partial charge in [-0.1, -0.05) is 36.4 Å². The standard InChI is InChI=1S/C19H26N2O3/c1-5-9-16-13-20(12-15-10-7-6-8-11-15)17(22)14-21(16)18(23)24-19(2,3)4/h5-8,10-11,16H,1,9,12-14H2,2-4H3/t16-/m0/s1. The minimum Gasteiger partial charge on any atom is -0.444 e. The Balaban J connectivity index is 2.10. The molecule has 1 aliphatic rings. The highest BCUT2D eigenvalue weighted by atomic mass is 16.6. The molecule has 0 bridgehead atoms. The van der Waals surface area contributed by atoms with E-state index in [1.165, 1.54) is 4.90 Å². The summed E-state index contributed by atoms with van der Waals surface area (Å²) >= 11 is 0. The van der Waals surface area contributed by atoms with Gasteiger partial charge in [0.15, 0.2) is 0 Å². The molecule has 5 nitrogen and oxygen atoms in total. The number of carbonyl (C=O) groups is 2. The van der Waals surface area contributed by atoms with Crippen LogP contribution in [0.4, 0.5) is 4.79 Å². The van der Waals surface area contributed by atoms with Gasteiger partial charge in [0.1, 0.15) is 12.1 Å². The Morgan fingerprint density at radius 3 is 2.58 bits per heavy atom. The molecule has 0 N–H and O–H groups in total. The zero-order valence-corrected chi connectivity index (χ0v) is 14.7. The lowest BCUT2D eigenvalue weighted by molar-refractivity contribution is -0.138. The van der Waals surface area contributed by atoms with Gasteiger partial charge in [0.25, 0.3) is 0 Å². The molecule has 0 radical (unpaired) electrons. The second kappa shape index (κ2) is 7.51. The molecule has 1 fully saturated rings. The van der Waals surface area contributed by atoms with Crippen LogP contribution in [-0.2, 0) is 16.1 Å². The number of piperazine rings is 1. The third-order valence-corrected chi connectivity index (χ3v) is 3.81. The first-order valence-electron chi connectivity index (χ1n) is 8.22. The van der Waals surface area contributed by atoms with Crippen LogP contribution in [0.2, 0.25) is 0 Å². The minimum atomic E-state index is -0.583. The Kier molecular flexibility index (Phi) is 5.65. The highest BCUT2D eigenvalue weighted by Crippen LogP contribution is 2.20. The fraction of sp³-hybridized carbons (Fsp3) is 0.474.